The summed E-state index contributed by atoms with van der Waals surface area (Å²) in [6, 6.07) is 16.3. The smallest absolute Gasteiger partial charge is 0.408 e. The van der Waals surface area contributed by atoms with Crippen molar-refractivity contribution in [2.45, 2.75) is 6.61 Å². The Morgan fingerprint density at radius 2 is 1.92 bits per heavy atom. The monoisotopic (exact) mass is 332 g/mol. The minimum absolute atomic E-state index is 0.0555. The third-order valence-electron chi connectivity index (χ3n) is 3.55. The zero-order valence-electron chi connectivity index (χ0n) is 13.4. The van der Waals surface area contributed by atoms with Gasteiger partial charge in [0.25, 0.3) is 0 Å². The van der Waals surface area contributed by atoms with Crippen LogP contribution < -0.4 is 10.7 Å². The molecule has 0 atom stereocenters. The summed E-state index contributed by atoms with van der Waals surface area (Å²) in [5.41, 5.74) is 2.26. The Hall–Kier alpha value is -3.52. The lowest BCUT2D eigenvalue weighted by Crippen LogP contribution is -2.24. The van der Waals surface area contributed by atoms with E-state index in [1.165, 1.54) is 6.07 Å². The molecule has 0 aliphatic rings. The van der Waals surface area contributed by atoms with Crippen LogP contribution in [0.1, 0.15) is 11.1 Å². The van der Waals surface area contributed by atoms with Crippen LogP contribution in [-0.4, -0.2) is 17.6 Å². The van der Waals surface area contributed by atoms with Crippen molar-refractivity contribution in [3.05, 3.63) is 82.1 Å². The summed E-state index contributed by atoms with van der Waals surface area (Å²) >= 11 is 0. The van der Waals surface area contributed by atoms with Gasteiger partial charge in [-0.2, -0.15) is 0 Å². The Morgan fingerprint density at radius 1 is 1.08 bits per heavy atom. The number of H-pyrrole nitrogens is 1. The van der Waals surface area contributed by atoms with Gasteiger partial charge in [0.15, 0.2) is 5.43 Å². The van der Waals surface area contributed by atoms with E-state index in [2.05, 4.69) is 22.1 Å². The molecular weight excluding hydrogens is 316 g/mol. The SMILES string of the molecule is O=C(NCC#Cc1cccc2c(=O)cc[nH]c12)OCc1ccccc1. The van der Waals surface area contributed by atoms with Gasteiger partial charge in [-0.25, -0.2) is 4.79 Å². The molecule has 3 aromatic rings. The number of fused-ring (bicyclic) bond motifs is 1. The van der Waals surface area contributed by atoms with E-state index < -0.39 is 6.09 Å². The van der Waals surface area contributed by atoms with E-state index in [-0.39, 0.29) is 18.6 Å². The summed E-state index contributed by atoms with van der Waals surface area (Å²) in [6.45, 7) is 0.367. The number of rotatable bonds is 3. The average Bonchev–Trinajstić information content (AvgIpc) is 2.65. The van der Waals surface area contributed by atoms with Gasteiger partial charge in [-0.05, 0) is 17.7 Å². The molecule has 1 heterocycles. The van der Waals surface area contributed by atoms with Crippen molar-refractivity contribution >= 4 is 17.0 Å². The number of nitrogens with one attached hydrogen (secondary N) is 2. The van der Waals surface area contributed by atoms with Gasteiger partial charge >= 0.3 is 6.09 Å². The van der Waals surface area contributed by atoms with Gasteiger partial charge in [-0.1, -0.05) is 48.2 Å². The molecule has 0 unspecified atom stereocenters. The fourth-order valence-corrected chi connectivity index (χ4v) is 2.34. The molecular formula is C20H16N2O3. The number of hydrogen-bond donors (Lipinski definition) is 2. The number of benzene rings is 2. The molecule has 0 saturated carbocycles. The Balaban J connectivity index is 1.57. The number of carbonyl (C=O) groups excluding carboxylic acids is 1. The van der Waals surface area contributed by atoms with Gasteiger partial charge < -0.3 is 15.0 Å². The van der Waals surface area contributed by atoms with Crippen molar-refractivity contribution in [1.29, 1.82) is 0 Å². The number of hydrogen-bond acceptors (Lipinski definition) is 3. The van der Waals surface area contributed by atoms with Crippen molar-refractivity contribution in [2.75, 3.05) is 6.54 Å². The summed E-state index contributed by atoms with van der Waals surface area (Å²) < 4.78 is 5.10. The molecule has 0 fully saturated rings. The third-order valence-corrected chi connectivity index (χ3v) is 3.55. The molecule has 2 aromatic carbocycles. The van der Waals surface area contributed by atoms with Gasteiger partial charge in [0.05, 0.1) is 12.1 Å². The highest BCUT2D eigenvalue weighted by molar-refractivity contribution is 5.84. The minimum atomic E-state index is -0.524. The van der Waals surface area contributed by atoms with Crippen LogP contribution in [0.5, 0.6) is 0 Å². The topological polar surface area (TPSA) is 71.2 Å². The van der Waals surface area contributed by atoms with Crippen molar-refractivity contribution in [1.82, 2.24) is 10.3 Å². The van der Waals surface area contributed by atoms with Crippen molar-refractivity contribution in [2.24, 2.45) is 0 Å². The lowest BCUT2D eigenvalue weighted by atomic mass is 10.1. The molecule has 0 aliphatic carbocycles. The van der Waals surface area contributed by atoms with Crippen LogP contribution in [-0.2, 0) is 11.3 Å². The molecule has 0 bridgehead atoms. The number of aromatic nitrogens is 1. The second kappa shape index (κ2) is 7.84. The Kier molecular flexibility index (Phi) is 5.13. The van der Waals surface area contributed by atoms with Crippen molar-refractivity contribution in [3.63, 3.8) is 0 Å². The van der Waals surface area contributed by atoms with Crippen LogP contribution in [0.2, 0.25) is 0 Å². The van der Waals surface area contributed by atoms with Crippen LogP contribution in [0.25, 0.3) is 10.9 Å². The number of amides is 1. The zero-order chi connectivity index (χ0) is 17.5. The van der Waals surface area contributed by atoms with Gasteiger partial charge in [-0.15, -0.1) is 0 Å². The standard InChI is InChI=1S/C20H16N2O3/c23-18-11-13-21-19-16(8-4-10-17(18)19)9-5-12-22-20(24)25-14-15-6-2-1-3-7-15/h1-4,6-8,10-11,13H,12,14H2,(H,21,23)(H,22,24). The van der Waals surface area contributed by atoms with Crippen molar-refractivity contribution in [3.8, 4) is 11.8 Å². The highest BCUT2D eigenvalue weighted by atomic mass is 16.5. The van der Waals surface area contributed by atoms with Crippen LogP contribution in [0.15, 0.2) is 65.6 Å². The van der Waals surface area contributed by atoms with E-state index in [1.54, 1.807) is 18.3 Å². The van der Waals surface area contributed by atoms with E-state index in [9.17, 15) is 9.59 Å². The maximum Gasteiger partial charge on any atom is 0.408 e. The normalized spacial score (nSPS) is 9.92. The maximum atomic E-state index is 11.8. The predicted octanol–water partition coefficient (Wildman–Crippen LogP) is 2.81. The third kappa shape index (κ3) is 4.27. The first kappa shape index (κ1) is 16.3. The van der Waals surface area contributed by atoms with E-state index in [1.807, 2.05) is 36.4 Å². The number of alkyl carbamates (subject to hydrolysis) is 1. The predicted molar refractivity (Wildman–Crippen MR) is 96.1 cm³/mol. The first-order chi connectivity index (χ1) is 12.2. The molecule has 0 aliphatic heterocycles. The molecule has 5 nitrogen and oxygen atoms in total. The highest BCUT2D eigenvalue weighted by Crippen LogP contribution is 2.11. The number of ether oxygens (including phenoxy) is 1. The van der Waals surface area contributed by atoms with Crippen LogP contribution in [0, 0.1) is 11.8 Å². The lowest BCUT2D eigenvalue weighted by molar-refractivity contribution is 0.141. The van der Waals surface area contributed by atoms with Gasteiger partial charge in [0.1, 0.15) is 6.61 Å². The van der Waals surface area contributed by atoms with Crippen molar-refractivity contribution < 1.29 is 9.53 Å². The largest absolute Gasteiger partial charge is 0.445 e. The average molecular weight is 332 g/mol. The number of para-hydroxylation sites is 1. The second-order valence-corrected chi connectivity index (χ2v) is 5.29. The molecule has 2 N–H and O–H groups in total. The van der Waals surface area contributed by atoms with E-state index in [0.717, 1.165) is 5.56 Å². The lowest BCUT2D eigenvalue weighted by Gasteiger charge is -2.04. The molecule has 5 heteroatoms. The fraction of sp³-hybridized carbons (Fsp3) is 0.100. The molecule has 0 saturated heterocycles. The van der Waals surface area contributed by atoms with Gasteiger partial charge in [0.2, 0.25) is 0 Å². The fourth-order valence-electron chi connectivity index (χ4n) is 2.34. The van der Waals surface area contributed by atoms with Crippen LogP contribution in [0.4, 0.5) is 4.79 Å². The molecule has 0 spiro atoms. The van der Waals surface area contributed by atoms with Crippen LogP contribution >= 0.6 is 0 Å². The first-order valence-corrected chi connectivity index (χ1v) is 7.78. The first-order valence-electron chi connectivity index (χ1n) is 7.78. The minimum Gasteiger partial charge on any atom is -0.445 e. The molecule has 25 heavy (non-hydrogen) atoms. The van der Waals surface area contributed by atoms with Gasteiger partial charge in [-0.3, -0.25) is 4.79 Å². The summed E-state index contributed by atoms with van der Waals surface area (Å²) in [6.07, 6.45) is 1.07. The Labute approximate surface area is 144 Å². The molecule has 1 amide bonds. The Morgan fingerprint density at radius 3 is 2.76 bits per heavy atom. The summed E-state index contributed by atoms with van der Waals surface area (Å²) in [5.74, 6) is 5.81. The molecule has 3 rings (SSSR count). The van der Waals surface area contributed by atoms with E-state index in [0.29, 0.717) is 16.5 Å². The molecule has 1 aromatic heterocycles. The van der Waals surface area contributed by atoms with Gasteiger partial charge in [0, 0.05) is 23.2 Å². The summed E-state index contributed by atoms with van der Waals surface area (Å²) in [7, 11) is 0. The summed E-state index contributed by atoms with van der Waals surface area (Å²) in [4.78, 5) is 26.5. The summed E-state index contributed by atoms with van der Waals surface area (Å²) in [5, 5.41) is 3.16. The number of carbonyl (C=O) groups is 1. The van der Waals surface area contributed by atoms with Crippen LogP contribution in [0.3, 0.4) is 0 Å². The van der Waals surface area contributed by atoms with E-state index in [4.69, 9.17) is 4.74 Å². The second-order valence-electron chi connectivity index (χ2n) is 5.29. The number of aromatic amines is 1. The molecule has 124 valence electrons. The number of pyridine rings is 1. The Bertz CT molecular complexity index is 998. The zero-order valence-corrected chi connectivity index (χ0v) is 13.4. The molecule has 0 radical (unpaired) electrons. The maximum absolute atomic E-state index is 11.8. The quantitative estimate of drug-likeness (QED) is 0.725. The highest BCUT2D eigenvalue weighted by Gasteiger charge is 2.02. The van der Waals surface area contributed by atoms with E-state index >= 15 is 0 Å².